The summed E-state index contributed by atoms with van der Waals surface area (Å²) in [5, 5.41) is 3.95. The van der Waals surface area contributed by atoms with Crippen LogP contribution in [0.25, 0.3) is 0 Å². The highest BCUT2D eigenvalue weighted by Crippen LogP contribution is 2.24. The minimum Gasteiger partial charge on any atom is -0.337 e. The van der Waals surface area contributed by atoms with E-state index >= 15 is 0 Å². The third kappa shape index (κ3) is 2.78. The molecule has 0 saturated carbocycles. The molecule has 0 amide bonds. The molecule has 0 atom stereocenters. The minimum absolute atomic E-state index is 0.456. The van der Waals surface area contributed by atoms with E-state index in [1.807, 2.05) is 13.8 Å². The molecule has 0 spiro atoms. The molecule has 0 aliphatic carbocycles. The lowest BCUT2D eigenvalue weighted by atomic mass is 9.94. The molecule has 0 unspecified atom stereocenters. The van der Waals surface area contributed by atoms with Crippen LogP contribution in [0.4, 0.5) is 0 Å². The summed E-state index contributed by atoms with van der Waals surface area (Å²) in [5.41, 5.74) is 5.71. The Morgan fingerprint density at radius 2 is 1.93 bits per heavy atom. The van der Waals surface area contributed by atoms with Crippen LogP contribution in [0.5, 0.6) is 0 Å². The van der Waals surface area contributed by atoms with E-state index in [1.165, 1.54) is 0 Å². The van der Waals surface area contributed by atoms with Crippen LogP contribution < -0.4 is 5.73 Å². The molecule has 4 nitrogen and oxygen atoms in total. The monoisotopic (exact) mass is 211 g/mol. The molecule has 2 N–H and O–H groups in total. The first-order valence-corrected chi connectivity index (χ1v) is 5.63. The summed E-state index contributed by atoms with van der Waals surface area (Å²) in [4.78, 5) is 4.36. The van der Waals surface area contributed by atoms with Crippen molar-refractivity contribution in [2.45, 2.75) is 52.5 Å². The van der Waals surface area contributed by atoms with Crippen LogP contribution in [0.15, 0.2) is 4.52 Å². The van der Waals surface area contributed by atoms with Gasteiger partial charge in [0.15, 0.2) is 5.82 Å². The highest BCUT2D eigenvalue weighted by molar-refractivity contribution is 5.01. The summed E-state index contributed by atoms with van der Waals surface area (Å²) in [5.74, 6) is 1.87. The van der Waals surface area contributed by atoms with Gasteiger partial charge in [-0.05, 0) is 18.8 Å². The average molecular weight is 211 g/mol. The third-order valence-electron chi connectivity index (χ3n) is 2.75. The Morgan fingerprint density at radius 1 is 1.33 bits per heavy atom. The SMILES string of the molecule is CCC(N)(CC)c1nc(CC(C)C)no1. The summed E-state index contributed by atoms with van der Waals surface area (Å²) >= 11 is 0. The first-order valence-electron chi connectivity index (χ1n) is 5.63. The van der Waals surface area contributed by atoms with Gasteiger partial charge in [-0.3, -0.25) is 0 Å². The van der Waals surface area contributed by atoms with Gasteiger partial charge in [0.2, 0.25) is 5.89 Å². The molecule has 1 rings (SSSR count). The molecule has 0 bridgehead atoms. The van der Waals surface area contributed by atoms with Gasteiger partial charge in [0, 0.05) is 6.42 Å². The van der Waals surface area contributed by atoms with Gasteiger partial charge in [0.25, 0.3) is 0 Å². The van der Waals surface area contributed by atoms with Gasteiger partial charge in [-0.2, -0.15) is 4.98 Å². The molecule has 1 aromatic rings. The lowest BCUT2D eigenvalue weighted by Crippen LogP contribution is -2.35. The molecule has 0 radical (unpaired) electrons. The van der Waals surface area contributed by atoms with Crippen molar-refractivity contribution in [3.8, 4) is 0 Å². The molecule has 4 heteroatoms. The van der Waals surface area contributed by atoms with E-state index in [9.17, 15) is 0 Å². The molecule has 15 heavy (non-hydrogen) atoms. The lowest BCUT2D eigenvalue weighted by molar-refractivity contribution is 0.266. The van der Waals surface area contributed by atoms with E-state index < -0.39 is 5.54 Å². The van der Waals surface area contributed by atoms with Crippen molar-refractivity contribution in [3.05, 3.63) is 11.7 Å². The van der Waals surface area contributed by atoms with Gasteiger partial charge < -0.3 is 10.3 Å². The molecule has 0 aliphatic heterocycles. The van der Waals surface area contributed by atoms with Gasteiger partial charge in [-0.1, -0.05) is 32.9 Å². The number of rotatable bonds is 5. The predicted octanol–water partition coefficient (Wildman–Crippen LogP) is 2.24. The topological polar surface area (TPSA) is 64.9 Å². The lowest BCUT2D eigenvalue weighted by Gasteiger charge is -2.20. The van der Waals surface area contributed by atoms with E-state index in [4.69, 9.17) is 10.3 Å². The Labute approximate surface area is 91.2 Å². The fraction of sp³-hybridized carbons (Fsp3) is 0.818. The van der Waals surface area contributed by atoms with Gasteiger partial charge in [0.05, 0.1) is 5.54 Å². The highest BCUT2D eigenvalue weighted by Gasteiger charge is 2.29. The van der Waals surface area contributed by atoms with Crippen molar-refractivity contribution in [1.82, 2.24) is 10.1 Å². The van der Waals surface area contributed by atoms with E-state index in [0.717, 1.165) is 25.1 Å². The number of nitrogens with two attached hydrogens (primary N) is 1. The van der Waals surface area contributed by atoms with Crippen molar-refractivity contribution >= 4 is 0 Å². The molecule has 0 aromatic carbocycles. The molecule has 0 aliphatic rings. The van der Waals surface area contributed by atoms with Crippen molar-refractivity contribution in [3.63, 3.8) is 0 Å². The Kier molecular flexibility index (Phi) is 3.85. The summed E-state index contributed by atoms with van der Waals surface area (Å²) < 4.78 is 5.23. The van der Waals surface area contributed by atoms with Gasteiger partial charge >= 0.3 is 0 Å². The van der Waals surface area contributed by atoms with E-state index in [0.29, 0.717) is 11.8 Å². The smallest absolute Gasteiger partial charge is 0.246 e. The number of aromatic nitrogens is 2. The Morgan fingerprint density at radius 3 is 2.40 bits per heavy atom. The zero-order chi connectivity index (χ0) is 11.5. The van der Waals surface area contributed by atoms with Crippen LogP contribution in [0.3, 0.4) is 0 Å². The zero-order valence-corrected chi connectivity index (χ0v) is 10.1. The molecular weight excluding hydrogens is 190 g/mol. The van der Waals surface area contributed by atoms with Crippen LogP contribution in [0, 0.1) is 5.92 Å². The van der Waals surface area contributed by atoms with Crippen LogP contribution in [0.2, 0.25) is 0 Å². The molecule has 86 valence electrons. The van der Waals surface area contributed by atoms with Crippen molar-refractivity contribution in [1.29, 1.82) is 0 Å². The maximum Gasteiger partial charge on any atom is 0.246 e. The molecule has 0 saturated heterocycles. The van der Waals surface area contributed by atoms with Crippen molar-refractivity contribution in [2.24, 2.45) is 11.7 Å². The fourth-order valence-electron chi connectivity index (χ4n) is 1.46. The second kappa shape index (κ2) is 4.75. The maximum atomic E-state index is 6.17. The Hall–Kier alpha value is -0.900. The molecule has 1 aromatic heterocycles. The predicted molar refractivity (Wildman–Crippen MR) is 59.3 cm³/mol. The first-order chi connectivity index (χ1) is 7.01. The maximum absolute atomic E-state index is 6.17. The standard InChI is InChI=1S/C11H21N3O/c1-5-11(12,6-2)10-13-9(14-15-10)7-8(3)4/h8H,5-7,12H2,1-4H3. The van der Waals surface area contributed by atoms with Crippen LogP contribution in [0.1, 0.15) is 52.3 Å². The van der Waals surface area contributed by atoms with Crippen molar-refractivity contribution < 1.29 is 4.52 Å². The average Bonchev–Trinajstić information content (AvgIpc) is 2.64. The van der Waals surface area contributed by atoms with Crippen LogP contribution >= 0.6 is 0 Å². The summed E-state index contributed by atoms with van der Waals surface area (Å²) in [6, 6.07) is 0. The number of hydrogen-bond donors (Lipinski definition) is 1. The summed E-state index contributed by atoms with van der Waals surface area (Å²) in [6.07, 6.45) is 2.46. The molecule has 0 fully saturated rings. The normalized spacial score (nSPS) is 12.4. The summed E-state index contributed by atoms with van der Waals surface area (Å²) in [7, 11) is 0. The van der Waals surface area contributed by atoms with Gasteiger partial charge in [-0.15, -0.1) is 0 Å². The molecule has 1 heterocycles. The minimum atomic E-state index is -0.456. The van der Waals surface area contributed by atoms with E-state index in [1.54, 1.807) is 0 Å². The number of nitrogens with zero attached hydrogens (tertiary/aromatic N) is 2. The number of hydrogen-bond acceptors (Lipinski definition) is 4. The Bertz CT molecular complexity index is 303. The largest absolute Gasteiger partial charge is 0.337 e. The summed E-state index contributed by atoms with van der Waals surface area (Å²) in [6.45, 7) is 8.34. The first kappa shape index (κ1) is 12.2. The zero-order valence-electron chi connectivity index (χ0n) is 10.1. The van der Waals surface area contributed by atoms with Gasteiger partial charge in [-0.25, -0.2) is 0 Å². The second-order valence-corrected chi connectivity index (χ2v) is 4.48. The van der Waals surface area contributed by atoms with E-state index in [-0.39, 0.29) is 0 Å². The molecular formula is C11H21N3O. The van der Waals surface area contributed by atoms with Crippen LogP contribution in [-0.4, -0.2) is 10.1 Å². The van der Waals surface area contributed by atoms with Gasteiger partial charge in [0.1, 0.15) is 0 Å². The second-order valence-electron chi connectivity index (χ2n) is 4.48. The highest BCUT2D eigenvalue weighted by atomic mass is 16.5. The van der Waals surface area contributed by atoms with Crippen LogP contribution in [-0.2, 0) is 12.0 Å². The fourth-order valence-corrected chi connectivity index (χ4v) is 1.46. The Balaban J connectivity index is 2.83. The van der Waals surface area contributed by atoms with E-state index in [2.05, 4.69) is 24.0 Å². The van der Waals surface area contributed by atoms with Crippen molar-refractivity contribution in [2.75, 3.05) is 0 Å². The third-order valence-corrected chi connectivity index (χ3v) is 2.75. The quantitative estimate of drug-likeness (QED) is 0.811.